The lowest BCUT2D eigenvalue weighted by Crippen LogP contribution is -2.47. The van der Waals surface area contributed by atoms with Crippen molar-refractivity contribution < 1.29 is 0 Å². The molecule has 6 nitrogen and oxygen atoms in total. The normalized spacial score (nSPS) is 20.5. The summed E-state index contributed by atoms with van der Waals surface area (Å²) in [7, 11) is 0. The number of hydrogen-bond donors (Lipinski definition) is 2. The van der Waals surface area contributed by atoms with Crippen LogP contribution in [0.1, 0.15) is 18.5 Å². The molecule has 102 valence electrons. The summed E-state index contributed by atoms with van der Waals surface area (Å²) in [5, 5.41) is 7.30. The van der Waals surface area contributed by atoms with Gasteiger partial charge in [-0.2, -0.15) is 0 Å². The summed E-state index contributed by atoms with van der Waals surface area (Å²) in [6.07, 6.45) is 6.12. The molecule has 0 bridgehead atoms. The molecule has 1 aliphatic carbocycles. The van der Waals surface area contributed by atoms with Crippen molar-refractivity contribution in [3.63, 3.8) is 0 Å². The third-order valence-electron chi connectivity index (χ3n) is 3.82. The molecule has 1 aromatic heterocycles. The fourth-order valence-electron chi connectivity index (χ4n) is 2.45. The molecule has 0 unspecified atom stereocenters. The Morgan fingerprint density at radius 1 is 1.21 bits per heavy atom. The molecule has 2 fully saturated rings. The minimum absolute atomic E-state index is 0.0340. The Morgan fingerprint density at radius 3 is 2.47 bits per heavy atom. The molecular formula is C13H20N6. The van der Waals surface area contributed by atoms with Gasteiger partial charge in [0.2, 0.25) is 0 Å². The quantitative estimate of drug-likeness (QED) is 0.601. The van der Waals surface area contributed by atoms with Crippen LogP contribution in [0.4, 0.5) is 5.82 Å². The zero-order chi connectivity index (χ0) is 13.2. The highest BCUT2D eigenvalue weighted by molar-refractivity contribution is 5.92. The van der Waals surface area contributed by atoms with E-state index in [1.54, 1.807) is 12.4 Å². The van der Waals surface area contributed by atoms with Gasteiger partial charge in [-0.15, -0.1) is 0 Å². The van der Waals surface area contributed by atoms with E-state index in [0.717, 1.165) is 37.9 Å². The van der Waals surface area contributed by atoms with Gasteiger partial charge in [0.15, 0.2) is 0 Å². The van der Waals surface area contributed by atoms with E-state index in [9.17, 15) is 0 Å². The van der Waals surface area contributed by atoms with Crippen LogP contribution in [0.15, 0.2) is 12.4 Å². The highest BCUT2D eigenvalue weighted by Crippen LogP contribution is 2.30. The van der Waals surface area contributed by atoms with Gasteiger partial charge in [-0.3, -0.25) is 10.3 Å². The highest BCUT2D eigenvalue weighted by atomic mass is 15.3. The molecule has 0 radical (unpaired) electrons. The van der Waals surface area contributed by atoms with Gasteiger partial charge in [-0.25, -0.2) is 9.97 Å². The summed E-state index contributed by atoms with van der Waals surface area (Å²) < 4.78 is 0. The van der Waals surface area contributed by atoms with E-state index < -0.39 is 0 Å². The van der Waals surface area contributed by atoms with Crippen molar-refractivity contribution in [3.05, 3.63) is 18.1 Å². The Labute approximate surface area is 113 Å². The van der Waals surface area contributed by atoms with E-state index in [-0.39, 0.29) is 5.84 Å². The molecule has 1 saturated heterocycles. The molecule has 19 heavy (non-hydrogen) atoms. The molecule has 0 atom stereocenters. The van der Waals surface area contributed by atoms with Gasteiger partial charge < -0.3 is 10.6 Å². The van der Waals surface area contributed by atoms with E-state index in [1.807, 2.05) is 0 Å². The minimum Gasteiger partial charge on any atom is -0.382 e. The minimum atomic E-state index is -0.0340. The van der Waals surface area contributed by atoms with Gasteiger partial charge in [0, 0.05) is 32.7 Å². The van der Waals surface area contributed by atoms with Crippen LogP contribution in [0, 0.1) is 11.3 Å². The lowest BCUT2D eigenvalue weighted by atomic mass is 10.3. The maximum Gasteiger partial charge on any atom is 0.147 e. The zero-order valence-electron chi connectivity index (χ0n) is 11.0. The van der Waals surface area contributed by atoms with Crippen molar-refractivity contribution >= 4 is 11.7 Å². The van der Waals surface area contributed by atoms with E-state index >= 15 is 0 Å². The highest BCUT2D eigenvalue weighted by Gasteiger charge is 2.26. The fourth-order valence-corrected chi connectivity index (χ4v) is 2.45. The number of aromatic nitrogens is 2. The Bertz CT molecular complexity index is 445. The van der Waals surface area contributed by atoms with Gasteiger partial charge in [0.05, 0.1) is 12.4 Å². The summed E-state index contributed by atoms with van der Waals surface area (Å²) in [5.41, 5.74) is 5.81. The second kappa shape index (κ2) is 5.13. The van der Waals surface area contributed by atoms with Crippen LogP contribution in [0.5, 0.6) is 0 Å². The maximum absolute atomic E-state index is 7.30. The molecule has 0 amide bonds. The summed E-state index contributed by atoms with van der Waals surface area (Å²) >= 11 is 0. The van der Waals surface area contributed by atoms with Gasteiger partial charge in [-0.1, -0.05) is 0 Å². The first kappa shape index (κ1) is 12.3. The van der Waals surface area contributed by atoms with Crippen molar-refractivity contribution in [1.82, 2.24) is 14.9 Å². The van der Waals surface area contributed by atoms with E-state index in [0.29, 0.717) is 5.69 Å². The molecule has 1 saturated carbocycles. The average molecular weight is 260 g/mol. The smallest absolute Gasteiger partial charge is 0.147 e. The summed E-state index contributed by atoms with van der Waals surface area (Å²) in [5.74, 6) is 1.81. The number of rotatable bonds is 4. The Kier molecular flexibility index (Phi) is 3.33. The first-order chi connectivity index (χ1) is 9.22. The topological polar surface area (TPSA) is 82.1 Å². The molecule has 3 N–H and O–H groups in total. The predicted molar refractivity (Wildman–Crippen MR) is 74.4 cm³/mol. The number of nitrogen functional groups attached to an aromatic ring is 1. The van der Waals surface area contributed by atoms with Crippen LogP contribution < -0.4 is 10.6 Å². The van der Waals surface area contributed by atoms with Crippen LogP contribution >= 0.6 is 0 Å². The van der Waals surface area contributed by atoms with Crippen LogP contribution in [-0.2, 0) is 0 Å². The Morgan fingerprint density at radius 2 is 1.95 bits per heavy atom. The number of anilines is 1. The fraction of sp³-hybridized carbons (Fsp3) is 0.615. The SMILES string of the molecule is N=C(N)c1cnc(N2CCN(CC3CC3)CC2)cn1. The molecule has 1 aromatic rings. The number of piperazine rings is 1. The van der Waals surface area contributed by atoms with Crippen molar-refractivity contribution in [3.8, 4) is 0 Å². The monoisotopic (exact) mass is 260 g/mol. The molecule has 3 rings (SSSR count). The van der Waals surface area contributed by atoms with Crippen molar-refractivity contribution in [1.29, 1.82) is 5.41 Å². The third kappa shape index (κ3) is 3.01. The second-order valence-electron chi connectivity index (χ2n) is 5.40. The van der Waals surface area contributed by atoms with Gasteiger partial charge in [0.25, 0.3) is 0 Å². The largest absolute Gasteiger partial charge is 0.382 e. The van der Waals surface area contributed by atoms with E-state index in [1.165, 1.54) is 19.4 Å². The van der Waals surface area contributed by atoms with Crippen molar-refractivity contribution in [2.24, 2.45) is 11.7 Å². The summed E-state index contributed by atoms with van der Waals surface area (Å²) in [6, 6.07) is 0. The molecule has 0 spiro atoms. The van der Waals surface area contributed by atoms with Crippen LogP contribution in [0.3, 0.4) is 0 Å². The summed E-state index contributed by atoms with van der Waals surface area (Å²) in [6.45, 7) is 5.48. The summed E-state index contributed by atoms with van der Waals surface area (Å²) in [4.78, 5) is 13.3. The number of nitrogens with one attached hydrogen (secondary N) is 1. The molecule has 0 aromatic carbocycles. The zero-order valence-corrected chi connectivity index (χ0v) is 11.0. The first-order valence-corrected chi connectivity index (χ1v) is 6.86. The molecular weight excluding hydrogens is 240 g/mol. The number of nitrogens with zero attached hydrogens (tertiary/aromatic N) is 4. The van der Waals surface area contributed by atoms with E-state index in [2.05, 4.69) is 19.8 Å². The third-order valence-corrected chi connectivity index (χ3v) is 3.82. The van der Waals surface area contributed by atoms with Gasteiger partial charge in [0.1, 0.15) is 17.3 Å². The second-order valence-corrected chi connectivity index (χ2v) is 5.40. The lowest BCUT2D eigenvalue weighted by Gasteiger charge is -2.35. The number of hydrogen-bond acceptors (Lipinski definition) is 5. The van der Waals surface area contributed by atoms with Crippen molar-refractivity contribution in [2.45, 2.75) is 12.8 Å². The number of nitrogens with two attached hydrogens (primary N) is 1. The molecule has 6 heteroatoms. The van der Waals surface area contributed by atoms with Gasteiger partial charge in [-0.05, 0) is 18.8 Å². The lowest BCUT2D eigenvalue weighted by molar-refractivity contribution is 0.247. The average Bonchev–Trinajstić information content (AvgIpc) is 3.24. The van der Waals surface area contributed by atoms with Gasteiger partial charge >= 0.3 is 0 Å². The maximum atomic E-state index is 7.30. The molecule has 2 heterocycles. The Balaban J connectivity index is 1.56. The standard InChI is InChI=1S/C13H20N6/c14-13(15)11-7-17-12(8-16-11)19-5-3-18(4-6-19)9-10-1-2-10/h7-8,10H,1-6,9H2,(H3,14,15). The van der Waals surface area contributed by atoms with Crippen LogP contribution in [0.2, 0.25) is 0 Å². The first-order valence-electron chi connectivity index (χ1n) is 6.86. The van der Waals surface area contributed by atoms with Crippen LogP contribution in [-0.4, -0.2) is 53.4 Å². The number of amidine groups is 1. The molecule has 2 aliphatic rings. The predicted octanol–water partition coefficient (Wildman–Crippen LogP) is 0.293. The van der Waals surface area contributed by atoms with Crippen LogP contribution in [0.25, 0.3) is 0 Å². The van der Waals surface area contributed by atoms with Crippen molar-refractivity contribution in [2.75, 3.05) is 37.6 Å². The van der Waals surface area contributed by atoms with E-state index in [4.69, 9.17) is 11.1 Å². The Hall–Kier alpha value is -1.69. The molecule has 1 aliphatic heterocycles.